The molecule has 16 heavy (non-hydrogen) atoms. The Kier molecular flexibility index (Phi) is 2.10. The maximum Gasteiger partial charge on any atom is 0.279 e. The molecule has 80 valence electrons. The quantitative estimate of drug-likeness (QED) is 0.728. The molecule has 3 heteroatoms. The van der Waals surface area contributed by atoms with Gasteiger partial charge in [0.05, 0.1) is 5.56 Å². The van der Waals surface area contributed by atoms with E-state index in [4.69, 9.17) is 4.42 Å². The molecule has 0 N–H and O–H groups in total. The lowest BCUT2D eigenvalue weighted by atomic mass is 9.98. The van der Waals surface area contributed by atoms with Gasteiger partial charge >= 0.3 is 0 Å². The first-order valence-electron chi connectivity index (χ1n) is 5.38. The summed E-state index contributed by atoms with van der Waals surface area (Å²) in [4.78, 5) is 15.2. The van der Waals surface area contributed by atoms with Gasteiger partial charge in [-0.2, -0.15) is 4.98 Å². The van der Waals surface area contributed by atoms with Crippen molar-refractivity contribution in [3.63, 3.8) is 0 Å². The molecule has 1 heterocycles. The summed E-state index contributed by atoms with van der Waals surface area (Å²) in [6.45, 7) is 0. The molecule has 0 spiro atoms. The van der Waals surface area contributed by atoms with E-state index in [-0.39, 0.29) is 11.5 Å². The molecule has 0 aliphatic heterocycles. The second kappa shape index (κ2) is 3.59. The molecule has 1 aliphatic carbocycles. The molecule has 1 unspecified atom stereocenters. The van der Waals surface area contributed by atoms with Gasteiger partial charge in [-0.25, -0.2) is 0 Å². The first-order chi connectivity index (χ1) is 7.86. The Bertz CT molecular complexity index is 560. The van der Waals surface area contributed by atoms with Crippen molar-refractivity contribution in [3.05, 3.63) is 64.0 Å². The van der Waals surface area contributed by atoms with Gasteiger partial charge in [0, 0.05) is 5.92 Å². The van der Waals surface area contributed by atoms with Crippen LogP contribution in [0.15, 0.2) is 45.9 Å². The first kappa shape index (κ1) is 9.33. The molecule has 0 amide bonds. The Labute approximate surface area is 92.8 Å². The third-order valence-corrected chi connectivity index (χ3v) is 3.11. The second-order valence-corrected chi connectivity index (χ2v) is 4.00. The minimum Gasteiger partial charge on any atom is -0.449 e. The summed E-state index contributed by atoms with van der Waals surface area (Å²) in [5.74, 6) is 1.01. The van der Waals surface area contributed by atoms with Gasteiger partial charge in [0.15, 0.2) is 6.39 Å². The topological polar surface area (TPSA) is 43.1 Å². The maximum atomic E-state index is 11.5. The van der Waals surface area contributed by atoms with Crippen LogP contribution in [0.1, 0.15) is 29.2 Å². The van der Waals surface area contributed by atoms with E-state index in [1.807, 2.05) is 18.2 Å². The predicted molar refractivity (Wildman–Crippen MR) is 59.4 cm³/mol. The largest absolute Gasteiger partial charge is 0.449 e. The van der Waals surface area contributed by atoms with Gasteiger partial charge in [-0.1, -0.05) is 30.3 Å². The van der Waals surface area contributed by atoms with Crippen molar-refractivity contribution in [1.82, 2.24) is 4.98 Å². The van der Waals surface area contributed by atoms with Gasteiger partial charge in [0.1, 0.15) is 5.76 Å². The monoisotopic (exact) mass is 213 g/mol. The van der Waals surface area contributed by atoms with Crippen molar-refractivity contribution in [2.75, 3.05) is 0 Å². The van der Waals surface area contributed by atoms with Crippen LogP contribution in [0.3, 0.4) is 0 Å². The molecule has 3 nitrogen and oxygen atoms in total. The fourth-order valence-electron chi connectivity index (χ4n) is 2.33. The van der Waals surface area contributed by atoms with E-state index in [9.17, 15) is 4.79 Å². The van der Waals surface area contributed by atoms with Gasteiger partial charge in [-0.15, -0.1) is 0 Å². The van der Waals surface area contributed by atoms with E-state index < -0.39 is 0 Å². The second-order valence-electron chi connectivity index (χ2n) is 4.00. The lowest BCUT2D eigenvalue weighted by Crippen LogP contribution is -2.11. The van der Waals surface area contributed by atoms with Crippen molar-refractivity contribution in [3.8, 4) is 0 Å². The average molecular weight is 213 g/mol. The summed E-state index contributed by atoms with van der Waals surface area (Å²) in [6, 6.07) is 10.1. The maximum absolute atomic E-state index is 11.5. The number of hydrogen-bond donors (Lipinski definition) is 0. The number of hydrogen-bond acceptors (Lipinski definition) is 3. The van der Waals surface area contributed by atoms with E-state index in [0.29, 0.717) is 0 Å². The van der Waals surface area contributed by atoms with Crippen LogP contribution in [-0.2, 0) is 6.42 Å². The number of rotatable bonds is 1. The number of fused-ring (bicyclic) bond motifs is 1. The van der Waals surface area contributed by atoms with E-state index in [0.717, 1.165) is 24.2 Å². The Morgan fingerprint density at radius 2 is 2.06 bits per heavy atom. The smallest absolute Gasteiger partial charge is 0.279 e. The molecule has 1 atom stereocenters. The van der Waals surface area contributed by atoms with E-state index in [1.54, 1.807) is 0 Å². The molecule has 0 fully saturated rings. The molecule has 1 aromatic heterocycles. The molecular weight excluding hydrogens is 202 g/mol. The molecule has 3 rings (SSSR count). The summed E-state index contributed by atoms with van der Waals surface area (Å²) in [5.41, 5.74) is 1.81. The predicted octanol–water partition coefficient (Wildman–Crippen LogP) is 2.11. The van der Waals surface area contributed by atoms with Gasteiger partial charge in [0.25, 0.3) is 5.56 Å². The van der Waals surface area contributed by atoms with Gasteiger partial charge in [0.2, 0.25) is 0 Å². The van der Waals surface area contributed by atoms with Gasteiger partial charge < -0.3 is 4.42 Å². The summed E-state index contributed by atoms with van der Waals surface area (Å²) in [7, 11) is 0. The summed E-state index contributed by atoms with van der Waals surface area (Å²) < 4.78 is 5.41. The SMILES string of the molecule is O=c1ncoc2c1CCC2c1ccccc1. The van der Waals surface area contributed by atoms with Crippen LogP contribution in [0, 0.1) is 0 Å². The molecule has 0 bridgehead atoms. The van der Waals surface area contributed by atoms with E-state index in [2.05, 4.69) is 17.1 Å². The molecule has 1 aromatic carbocycles. The van der Waals surface area contributed by atoms with Crippen LogP contribution in [0.2, 0.25) is 0 Å². The standard InChI is InChI=1S/C13H11NO2/c15-13-11-7-6-10(12(11)16-8-14-13)9-4-2-1-3-5-9/h1-5,8,10H,6-7H2. The molecule has 0 saturated carbocycles. The van der Waals surface area contributed by atoms with E-state index in [1.165, 1.54) is 12.0 Å². The summed E-state index contributed by atoms with van der Waals surface area (Å²) in [5, 5.41) is 0. The van der Waals surface area contributed by atoms with Crippen molar-refractivity contribution in [2.24, 2.45) is 0 Å². The summed E-state index contributed by atoms with van der Waals surface area (Å²) in [6.07, 6.45) is 2.96. The van der Waals surface area contributed by atoms with Crippen molar-refractivity contribution < 1.29 is 4.42 Å². The van der Waals surface area contributed by atoms with Crippen LogP contribution in [0.5, 0.6) is 0 Å². The van der Waals surface area contributed by atoms with Crippen LogP contribution in [-0.4, -0.2) is 4.98 Å². The van der Waals surface area contributed by atoms with Crippen LogP contribution in [0.25, 0.3) is 0 Å². The van der Waals surface area contributed by atoms with Crippen LogP contribution >= 0.6 is 0 Å². The lowest BCUT2D eigenvalue weighted by Gasteiger charge is -2.09. The average Bonchev–Trinajstić information content (AvgIpc) is 2.75. The Morgan fingerprint density at radius 1 is 1.25 bits per heavy atom. The Morgan fingerprint density at radius 3 is 2.88 bits per heavy atom. The fraction of sp³-hybridized carbons (Fsp3) is 0.231. The first-order valence-corrected chi connectivity index (χ1v) is 5.38. The Hall–Kier alpha value is -1.90. The minimum atomic E-state index is -0.139. The third-order valence-electron chi connectivity index (χ3n) is 3.11. The van der Waals surface area contributed by atoms with E-state index >= 15 is 0 Å². The molecule has 2 aromatic rings. The highest BCUT2D eigenvalue weighted by atomic mass is 16.3. The van der Waals surface area contributed by atoms with Crippen LogP contribution < -0.4 is 5.56 Å². The zero-order valence-corrected chi connectivity index (χ0v) is 8.72. The van der Waals surface area contributed by atoms with Crippen molar-refractivity contribution >= 4 is 0 Å². The molecule has 1 aliphatic rings. The van der Waals surface area contributed by atoms with Gasteiger partial charge in [-0.05, 0) is 18.4 Å². The van der Waals surface area contributed by atoms with Crippen LogP contribution in [0.4, 0.5) is 0 Å². The zero-order valence-electron chi connectivity index (χ0n) is 8.72. The fourth-order valence-corrected chi connectivity index (χ4v) is 2.33. The minimum absolute atomic E-state index is 0.139. The molecular formula is C13H11NO2. The van der Waals surface area contributed by atoms with Crippen molar-refractivity contribution in [2.45, 2.75) is 18.8 Å². The lowest BCUT2D eigenvalue weighted by molar-refractivity contribution is 0.460. The normalized spacial score (nSPS) is 18.4. The number of nitrogens with zero attached hydrogens (tertiary/aromatic N) is 1. The number of aromatic nitrogens is 1. The van der Waals surface area contributed by atoms with Gasteiger partial charge in [-0.3, -0.25) is 4.79 Å². The summed E-state index contributed by atoms with van der Waals surface area (Å²) >= 11 is 0. The molecule has 0 radical (unpaired) electrons. The van der Waals surface area contributed by atoms with Crippen molar-refractivity contribution in [1.29, 1.82) is 0 Å². The zero-order chi connectivity index (χ0) is 11.0. The number of benzene rings is 1. The molecule has 0 saturated heterocycles. The Balaban J connectivity index is 2.11. The highest BCUT2D eigenvalue weighted by molar-refractivity contribution is 5.34. The third kappa shape index (κ3) is 1.36. The highest BCUT2D eigenvalue weighted by Crippen LogP contribution is 2.35. The highest BCUT2D eigenvalue weighted by Gasteiger charge is 2.28.